The molecular formula is C13H19N3O. The third-order valence-corrected chi connectivity index (χ3v) is 3.13. The molecule has 1 aromatic rings. The monoisotopic (exact) mass is 233 g/mol. The highest BCUT2D eigenvalue weighted by molar-refractivity contribution is 5.92. The number of amides is 1. The largest absolute Gasteiger partial charge is 0.349 e. The van der Waals surface area contributed by atoms with Crippen molar-refractivity contribution in [2.75, 3.05) is 13.6 Å². The summed E-state index contributed by atoms with van der Waals surface area (Å²) < 4.78 is 0. The molecule has 0 spiro atoms. The van der Waals surface area contributed by atoms with Crippen molar-refractivity contribution < 1.29 is 4.79 Å². The minimum Gasteiger partial charge on any atom is -0.349 e. The summed E-state index contributed by atoms with van der Waals surface area (Å²) in [6, 6.07) is 4.10. The summed E-state index contributed by atoms with van der Waals surface area (Å²) in [5.41, 5.74) is 1.75. The van der Waals surface area contributed by atoms with Crippen LogP contribution in [0.2, 0.25) is 0 Å². The Morgan fingerprint density at radius 1 is 1.53 bits per heavy atom. The van der Waals surface area contributed by atoms with Gasteiger partial charge in [0, 0.05) is 18.8 Å². The first-order valence-electron chi connectivity index (χ1n) is 6.12. The van der Waals surface area contributed by atoms with Crippen molar-refractivity contribution in [1.82, 2.24) is 15.6 Å². The first-order chi connectivity index (χ1) is 8.20. The van der Waals surface area contributed by atoms with Gasteiger partial charge in [-0.15, -0.1) is 0 Å². The molecule has 4 nitrogen and oxygen atoms in total. The van der Waals surface area contributed by atoms with E-state index >= 15 is 0 Å². The molecule has 92 valence electrons. The van der Waals surface area contributed by atoms with Crippen LogP contribution in [0.5, 0.6) is 0 Å². The van der Waals surface area contributed by atoms with Gasteiger partial charge in [0.1, 0.15) is 5.69 Å². The van der Waals surface area contributed by atoms with E-state index in [-0.39, 0.29) is 11.9 Å². The Morgan fingerprint density at radius 3 is 2.82 bits per heavy atom. The molecular weight excluding hydrogens is 214 g/mol. The lowest BCUT2D eigenvalue weighted by molar-refractivity contribution is 0.0945. The lowest BCUT2D eigenvalue weighted by Gasteiger charge is -2.11. The molecule has 0 saturated heterocycles. The van der Waals surface area contributed by atoms with Crippen LogP contribution in [0.1, 0.15) is 41.7 Å². The van der Waals surface area contributed by atoms with Gasteiger partial charge in [0.25, 0.3) is 5.91 Å². The highest BCUT2D eigenvalue weighted by Crippen LogP contribution is 2.39. The zero-order valence-electron chi connectivity index (χ0n) is 10.4. The number of carbonyl (C=O) groups excluding carboxylic acids is 1. The van der Waals surface area contributed by atoms with Crippen LogP contribution >= 0.6 is 0 Å². The smallest absolute Gasteiger partial charge is 0.269 e. The van der Waals surface area contributed by atoms with Crippen molar-refractivity contribution in [3.63, 3.8) is 0 Å². The standard InChI is InChI=1S/C13H19N3O/c1-9(14-2)7-16-13(17)12-6-5-11(8-15-12)10-3-4-10/h5-6,8-10,14H,3-4,7H2,1-2H3,(H,16,17). The predicted octanol–water partition coefficient (Wildman–Crippen LogP) is 1.30. The summed E-state index contributed by atoms with van der Waals surface area (Å²) >= 11 is 0. The first-order valence-corrected chi connectivity index (χ1v) is 6.12. The van der Waals surface area contributed by atoms with Crippen molar-refractivity contribution >= 4 is 5.91 Å². The number of pyridine rings is 1. The van der Waals surface area contributed by atoms with E-state index in [4.69, 9.17) is 0 Å². The molecule has 0 aliphatic heterocycles. The van der Waals surface area contributed by atoms with Crippen LogP contribution < -0.4 is 10.6 Å². The molecule has 0 aromatic carbocycles. The number of rotatable bonds is 5. The van der Waals surface area contributed by atoms with E-state index in [0.717, 1.165) is 0 Å². The first kappa shape index (κ1) is 12.0. The average Bonchev–Trinajstić information content (AvgIpc) is 3.20. The molecule has 17 heavy (non-hydrogen) atoms. The molecule has 0 radical (unpaired) electrons. The van der Waals surface area contributed by atoms with Gasteiger partial charge in [-0.25, -0.2) is 0 Å². The summed E-state index contributed by atoms with van der Waals surface area (Å²) in [4.78, 5) is 16.0. The van der Waals surface area contributed by atoms with Gasteiger partial charge < -0.3 is 10.6 Å². The Morgan fingerprint density at radius 2 is 2.29 bits per heavy atom. The number of hydrogen-bond acceptors (Lipinski definition) is 3. The van der Waals surface area contributed by atoms with Gasteiger partial charge in [0.15, 0.2) is 0 Å². The second-order valence-corrected chi connectivity index (χ2v) is 4.65. The van der Waals surface area contributed by atoms with Crippen molar-refractivity contribution in [2.24, 2.45) is 0 Å². The Kier molecular flexibility index (Phi) is 3.74. The maximum absolute atomic E-state index is 11.8. The van der Waals surface area contributed by atoms with Crippen molar-refractivity contribution in [2.45, 2.75) is 31.7 Å². The molecule has 1 aromatic heterocycles. The predicted molar refractivity (Wildman–Crippen MR) is 67.1 cm³/mol. The van der Waals surface area contributed by atoms with E-state index in [0.29, 0.717) is 18.2 Å². The van der Waals surface area contributed by atoms with Crippen LogP contribution in [0.25, 0.3) is 0 Å². The summed E-state index contributed by atoms with van der Waals surface area (Å²) in [6.45, 7) is 2.63. The molecule has 1 aliphatic rings. The van der Waals surface area contributed by atoms with Gasteiger partial charge >= 0.3 is 0 Å². The molecule has 1 unspecified atom stereocenters. The Bertz CT molecular complexity index is 384. The highest BCUT2D eigenvalue weighted by Gasteiger charge is 2.23. The van der Waals surface area contributed by atoms with Gasteiger partial charge in [-0.05, 0) is 44.4 Å². The van der Waals surface area contributed by atoms with Crippen molar-refractivity contribution in [3.8, 4) is 0 Å². The van der Waals surface area contributed by atoms with Gasteiger partial charge in [0.05, 0.1) is 0 Å². The van der Waals surface area contributed by atoms with E-state index in [9.17, 15) is 4.79 Å². The maximum Gasteiger partial charge on any atom is 0.269 e. The fourth-order valence-electron chi connectivity index (χ4n) is 1.64. The summed E-state index contributed by atoms with van der Waals surface area (Å²) in [5.74, 6) is 0.582. The maximum atomic E-state index is 11.8. The second kappa shape index (κ2) is 5.27. The quantitative estimate of drug-likeness (QED) is 0.806. The van der Waals surface area contributed by atoms with Crippen LogP contribution in [0, 0.1) is 0 Å². The number of hydrogen-bond donors (Lipinski definition) is 2. The number of aromatic nitrogens is 1. The molecule has 2 N–H and O–H groups in total. The lowest BCUT2D eigenvalue weighted by Crippen LogP contribution is -2.37. The van der Waals surface area contributed by atoms with Crippen molar-refractivity contribution in [1.29, 1.82) is 0 Å². The van der Waals surface area contributed by atoms with Crippen LogP contribution in [0.15, 0.2) is 18.3 Å². The van der Waals surface area contributed by atoms with Gasteiger partial charge in [-0.2, -0.15) is 0 Å². The number of nitrogens with one attached hydrogen (secondary N) is 2. The van der Waals surface area contributed by atoms with E-state index < -0.39 is 0 Å². The van der Waals surface area contributed by atoms with Gasteiger partial charge in [0.2, 0.25) is 0 Å². The summed E-state index contributed by atoms with van der Waals surface area (Å²) in [6.07, 6.45) is 4.34. The zero-order valence-corrected chi connectivity index (χ0v) is 10.4. The third-order valence-electron chi connectivity index (χ3n) is 3.13. The lowest BCUT2D eigenvalue weighted by atomic mass is 10.2. The fraction of sp³-hybridized carbons (Fsp3) is 0.538. The minimum absolute atomic E-state index is 0.102. The molecule has 1 aliphatic carbocycles. The molecule has 1 amide bonds. The van der Waals surface area contributed by atoms with Crippen LogP contribution in [-0.4, -0.2) is 30.5 Å². The van der Waals surface area contributed by atoms with E-state index in [2.05, 4.69) is 15.6 Å². The molecule has 4 heteroatoms. The molecule has 0 bridgehead atoms. The number of carbonyl (C=O) groups is 1. The van der Waals surface area contributed by atoms with Crippen LogP contribution in [0.4, 0.5) is 0 Å². The zero-order chi connectivity index (χ0) is 12.3. The SMILES string of the molecule is CNC(C)CNC(=O)c1ccc(C2CC2)cn1. The Hall–Kier alpha value is -1.42. The Balaban J connectivity index is 1.89. The Labute approximate surface area is 102 Å². The van der Waals surface area contributed by atoms with E-state index in [1.165, 1.54) is 18.4 Å². The minimum atomic E-state index is -0.102. The fourth-order valence-corrected chi connectivity index (χ4v) is 1.64. The highest BCUT2D eigenvalue weighted by atomic mass is 16.1. The van der Waals surface area contributed by atoms with Crippen molar-refractivity contribution in [3.05, 3.63) is 29.6 Å². The van der Waals surface area contributed by atoms with E-state index in [1.54, 1.807) is 0 Å². The average molecular weight is 233 g/mol. The van der Waals surface area contributed by atoms with Crippen LogP contribution in [-0.2, 0) is 0 Å². The topological polar surface area (TPSA) is 54.0 Å². The molecule has 1 heterocycles. The summed E-state index contributed by atoms with van der Waals surface area (Å²) in [7, 11) is 1.87. The van der Waals surface area contributed by atoms with Gasteiger partial charge in [-0.3, -0.25) is 9.78 Å². The summed E-state index contributed by atoms with van der Waals surface area (Å²) in [5, 5.41) is 5.92. The van der Waals surface area contributed by atoms with Crippen LogP contribution in [0.3, 0.4) is 0 Å². The third kappa shape index (κ3) is 3.27. The molecule has 2 rings (SSSR count). The van der Waals surface area contributed by atoms with E-state index in [1.807, 2.05) is 32.3 Å². The molecule has 1 saturated carbocycles. The van der Waals surface area contributed by atoms with Gasteiger partial charge in [-0.1, -0.05) is 6.07 Å². The normalized spacial score (nSPS) is 16.6. The number of likely N-dealkylation sites (N-methyl/N-ethyl adjacent to an activating group) is 1. The molecule has 1 atom stereocenters. The molecule has 1 fully saturated rings. The second-order valence-electron chi connectivity index (χ2n) is 4.65. The number of nitrogens with zero attached hydrogens (tertiary/aromatic N) is 1.